The summed E-state index contributed by atoms with van der Waals surface area (Å²) in [6.07, 6.45) is 0.718. The normalized spacial score (nSPS) is 10.0. The molecule has 5 heteroatoms. The molecule has 0 aliphatic rings. The van der Waals surface area contributed by atoms with Crippen molar-refractivity contribution in [3.63, 3.8) is 0 Å². The molecule has 21 heavy (non-hydrogen) atoms. The first kappa shape index (κ1) is 14.8. The van der Waals surface area contributed by atoms with Crippen molar-refractivity contribution in [1.29, 1.82) is 0 Å². The summed E-state index contributed by atoms with van der Waals surface area (Å²) in [5.74, 6) is 0.911. The predicted octanol–water partition coefficient (Wildman–Crippen LogP) is 3.23. The second-order valence-corrected chi connectivity index (χ2v) is 4.27. The van der Waals surface area contributed by atoms with Gasteiger partial charge in [-0.15, -0.1) is 0 Å². The van der Waals surface area contributed by atoms with Crippen molar-refractivity contribution >= 4 is 6.29 Å². The van der Waals surface area contributed by atoms with Crippen molar-refractivity contribution in [2.24, 2.45) is 0 Å². The molecule has 2 aromatic carbocycles. The minimum atomic E-state index is -0.405. The maximum absolute atomic E-state index is 13.8. The van der Waals surface area contributed by atoms with Crippen LogP contribution in [0.3, 0.4) is 0 Å². The number of halogens is 1. The van der Waals surface area contributed by atoms with E-state index < -0.39 is 5.82 Å². The van der Waals surface area contributed by atoms with Gasteiger partial charge in [0.05, 0.1) is 14.2 Å². The third-order valence-electron chi connectivity index (χ3n) is 2.97. The van der Waals surface area contributed by atoms with Crippen LogP contribution in [-0.4, -0.2) is 20.5 Å². The van der Waals surface area contributed by atoms with Crippen LogP contribution in [0.1, 0.15) is 15.9 Å². The molecule has 0 N–H and O–H groups in total. The summed E-state index contributed by atoms with van der Waals surface area (Å²) < 4.78 is 29.4. The Morgan fingerprint density at radius 2 is 1.86 bits per heavy atom. The van der Waals surface area contributed by atoms with Crippen molar-refractivity contribution in [3.8, 4) is 17.2 Å². The van der Waals surface area contributed by atoms with Crippen molar-refractivity contribution < 1.29 is 23.4 Å². The summed E-state index contributed by atoms with van der Waals surface area (Å²) in [5, 5.41) is 0. The standard InChI is InChI=1S/C16H15FO4/c1-19-13-5-4-12(14(17)8-13)10-21-15-6-3-11(9-18)7-16(15)20-2/h3-9H,10H2,1-2H3. The highest BCUT2D eigenvalue weighted by atomic mass is 19.1. The van der Waals surface area contributed by atoms with E-state index in [0.717, 1.165) is 6.29 Å². The zero-order chi connectivity index (χ0) is 15.2. The Morgan fingerprint density at radius 1 is 1.05 bits per heavy atom. The summed E-state index contributed by atoms with van der Waals surface area (Å²) in [7, 11) is 2.95. The van der Waals surface area contributed by atoms with Gasteiger partial charge in [0, 0.05) is 17.2 Å². The second-order valence-electron chi connectivity index (χ2n) is 4.27. The lowest BCUT2D eigenvalue weighted by Crippen LogP contribution is -2.01. The molecule has 0 unspecified atom stereocenters. The van der Waals surface area contributed by atoms with Gasteiger partial charge in [-0.3, -0.25) is 4.79 Å². The van der Waals surface area contributed by atoms with Gasteiger partial charge < -0.3 is 14.2 Å². The summed E-state index contributed by atoms with van der Waals surface area (Å²) in [4.78, 5) is 10.7. The zero-order valence-corrected chi connectivity index (χ0v) is 11.8. The molecular weight excluding hydrogens is 275 g/mol. The molecule has 0 radical (unpaired) electrons. The number of methoxy groups -OCH3 is 2. The van der Waals surface area contributed by atoms with Crippen LogP contribution < -0.4 is 14.2 Å². The van der Waals surface area contributed by atoms with Crippen LogP contribution in [-0.2, 0) is 6.61 Å². The molecule has 0 heterocycles. The molecule has 0 saturated heterocycles. The predicted molar refractivity (Wildman–Crippen MR) is 75.7 cm³/mol. The minimum Gasteiger partial charge on any atom is -0.497 e. The lowest BCUT2D eigenvalue weighted by atomic mass is 10.2. The van der Waals surface area contributed by atoms with Crippen LogP contribution in [0.4, 0.5) is 4.39 Å². The lowest BCUT2D eigenvalue weighted by molar-refractivity contribution is 0.112. The first-order valence-electron chi connectivity index (χ1n) is 6.26. The van der Waals surface area contributed by atoms with Crippen LogP contribution in [0.5, 0.6) is 17.2 Å². The number of rotatable bonds is 6. The van der Waals surface area contributed by atoms with Crippen LogP contribution in [0.2, 0.25) is 0 Å². The number of ether oxygens (including phenoxy) is 3. The van der Waals surface area contributed by atoms with Crippen LogP contribution in [0, 0.1) is 5.82 Å². The quantitative estimate of drug-likeness (QED) is 0.766. The topological polar surface area (TPSA) is 44.8 Å². The molecule has 0 aliphatic carbocycles. The van der Waals surface area contributed by atoms with Gasteiger partial charge in [0.1, 0.15) is 24.5 Å². The average molecular weight is 290 g/mol. The first-order valence-corrected chi connectivity index (χ1v) is 6.26. The molecule has 0 aliphatic heterocycles. The third kappa shape index (κ3) is 3.51. The molecule has 0 aromatic heterocycles. The maximum atomic E-state index is 13.8. The number of hydrogen-bond acceptors (Lipinski definition) is 4. The molecule has 0 spiro atoms. The Bertz CT molecular complexity index is 640. The molecule has 0 atom stereocenters. The molecule has 0 amide bonds. The Labute approximate surface area is 122 Å². The lowest BCUT2D eigenvalue weighted by Gasteiger charge is -2.12. The smallest absolute Gasteiger partial charge is 0.161 e. The number of aldehydes is 1. The molecular formula is C16H15FO4. The van der Waals surface area contributed by atoms with Gasteiger partial charge in [-0.05, 0) is 30.3 Å². The molecule has 2 aromatic rings. The average Bonchev–Trinajstić information content (AvgIpc) is 2.53. The number of carbonyl (C=O) groups excluding carboxylic acids is 1. The van der Waals surface area contributed by atoms with E-state index >= 15 is 0 Å². The van der Waals surface area contributed by atoms with Crippen molar-refractivity contribution in [2.45, 2.75) is 6.61 Å². The van der Waals surface area contributed by atoms with E-state index in [2.05, 4.69) is 0 Å². The van der Waals surface area contributed by atoms with E-state index in [1.165, 1.54) is 20.3 Å². The molecule has 110 valence electrons. The Morgan fingerprint density at radius 3 is 2.48 bits per heavy atom. The van der Waals surface area contributed by atoms with Gasteiger partial charge in [-0.1, -0.05) is 0 Å². The molecule has 0 bridgehead atoms. The van der Waals surface area contributed by atoms with E-state index in [1.54, 1.807) is 30.3 Å². The fraction of sp³-hybridized carbons (Fsp3) is 0.188. The minimum absolute atomic E-state index is 0.0482. The highest BCUT2D eigenvalue weighted by Crippen LogP contribution is 2.28. The van der Waals surface area contributed by atoms with Gasteiger partial charge in [0.15, 0.2) is 11.5 Å². The van der Waals surface area contributed by atoms with Gasteiger partial charge in [0.2, 0.25) is 0 Å². The Hall–Kier alpha value is -2.56. The van der Waals surface area contributed by atoms with Crippen molar-refractivity contribution in [1.82, 2.24) is 0 Å². The van der Waals surface area contributed by atoms with Gasteiger partial charge in [-0.2, -0.15) is 0 Å². The van der Waals surface area contributed by atoms with Crippen molar-refractivity contribution in [2.75, 3.05) is 14.2 Å². The van der Waals surface area contributed by atoms with E-state index in [0.29, 0.717) is 28.4 Å². The summed E-state index contributed by atoms with van der Waals surface area (Å²) in [6.45, 7) is 0.0482. The Balaban J connectivity index is 2.14. The van der Waals surface area contributed by atoms with Crippen LogP contribution in [0.15, 0.2) is 36.4 Å². The third-order valence-corrected chi connectivity index (χ3v) is 2.97. The number of hydrogen-bond donors (Lipinski definition) is 0. The monoisotopic (exact) mass is 290 g/mol. The highest BCUT2D eigenvalue weighted by Gasteiger charge is 2.09. The van der Waals surface area contributed by atoms with Gasteiger partial charge >= 0.3 is 0 Å². The molecule has 2 rings (SSSR count). The summed E-state index contributed by atoms with van der Waals surface area (Å²) in [5.41, 5.74) is 0.882. The molecule has 0 saturated carbocycles. The SMILES string of the molecule is COc1ccc(COc2ccc(C=O)cc2OC)c(F)c1. The van der Waals surface area contributed by atoms with E-state index in [4.69, 9.17) is 14.2 Å². The van der Waals surface area contributed by atoms with Gasteiger partial charge in [-0.25, -0.2) is 4.39 Å². The second kappa shape index (κ2) is 6.74. The zero-order valence-electron chi connectivity index (χ0n) is 11.8. The van der Waals surface area contributed by atoms with Crippen molar-refractivity contribution in [3.05, 3.63) is 53.3 Å². The van der Waals surface area contributed by atoms with E-state index in [1.807, 2.05) is 0 Å². The highest BCUT2D eigenvalue weighted by molar-refractivity contribution is 5.76. The number of carbonyl (C=O) groups is 1. The Kier molecular flexibility index (Phi) is 4.77. The molecule has 0 fully saturated rings. The van der Waals surface area contributed by atoms with Crippen LogP contribution >= 0.6 is 0 Å². The fourth-order valence-corrected chi connectivity index (χ4v) is 1.80. The van der Waals surface area contributed by atoms with E-state index in [-0.39, 0.29) is 6.61 Å². The van der Waals surface area contributed by atoms with Gasteiger partial charge in [0.25, 0.3) is 0 Å². The largest absolute Gasteiger partial charge is 0.497 e. The van der Waals surface area contributed by atoms with Crippen LogP contribution in [0.25, 0.3) is 0 Å². The maximum Gasteiger partial charge on any atom is 0.161 e. The summed E-state index contributed by atoms with van der Waals surface area (Å²) >= 11 is 0. The number of benzene rings is 2. The van der Waals surface area contributed by atoms with E-state index in [9.17, 15) is 9.18 Å². The first-order chi connectivity index (χ1) is 10.2. The fourth-order valence-electron chi connectivity index (χ4n) is 1.80. The molecule has 4 nitrogen and oxygen atoms in total. The summed E-state index contributed by atoms with van der Waals surface area (Å²) in [6, 6.07) is 9.34.